The molecule has 4 nitrogen and oxygen atoms in total. The molecule has 0 bridgehead atoms. The minimum absolute atomic E-state index is 0.0661. The highest BCUT2D eigenvalue weighted by atomic mass is 19.1. The summed E-state index contributed by atoms with van der Waals surface area (Å²) in [7, 11) is 0. The zero-order chi connectivity index (χ0) is 17.8. The zero-order valence-electron chi connectivity index (χ0n) is 14.0. The quantitative estimate of drug-likeness (QED) is 0.799. The summed E-state index contributed by atoms with van der Waals surface area (Å²) in [6, 6.07) is 2.93. The van der Waals surface area contributed by atoms with Crippen molar-refractivity contribution in [1.29, 1.82) is 0 Å². The molecule has 25 heavy (non-hydrogen) atoms. The molecule has 0 unspecified atom stereocenters. The molecule has 1 aromatic carbocycles. The van der Waals surface area contributed by atoms with Gasteiger partial charge >= 0.3 is 0 Å². The Morgan fingerprint density at radius 3 is 3.00 bits per heavy atom. The van der Waals surface area contributed by atoms with Crippen LogP contribution in [0, 0.1) is 23.5 Å². The van der Waals surface area contributed by atoms with Gasteiger partial charge < -0.3 is 19.7 Å². The highest BCUT2D eigenvalue weighted by Crippen LogP contribution is 2.40. The Balaban J connectivity index is 1.56. The molecular formula is C19H24F2O4. The van der Waals surface area contributed by atoms with Crippen LogP contribution in [-0.2, 0) is 4.74 Å². The second kappa shape index (κ2) is 8.25. The van der Waals surface area contributed by atoms with Crippen LogP contribution < -0.4 is 4.74 Å². The van der Waals surface area contributed by atoms with Crippen LogP contribution in [-0.4, -0.2) is 41.7 Å². The third-order valence-corrected chi connectivity index (χ3v) is 5.01. The molecule has 2 aliphatic rings. The van der Waals surface area contributed by atoms with E-state index in [4.69, 9.17) is 9.47 Å². The van der Waals surface area contributed by atoms with Crippen molar-refractivity contribution in [1.82, 2.24) is 0 Å². The molecule has 1 aromatic rings. The summed E-state index contributed by atoms with van der Waals surface area (Å²) in [5.74, 6) is -1.33. The number of rotatable bonds is 5. The van der Waals surface area contributed by atoms with E-state index < -0.39 is 23.8 Å². The molecule has 0 aromatic heterocycles. The fourth-order valence-corrected chi connectivity index (χ4v) is 3.74. The first-order chi connectivity index (χ1) is 12.0. The number of benzene rings is 1. The van der Waals surface area contributed by atoms with Crippen LogP contribution in [0.25, 0.3) is 0 Å². The van der Waals surface area contributed by atoms with Crippen LogP contribution in [0.5, 0.6) is 5.75 Å². The molecule has 6 heteroatoms. The van der Waals surface area contributed by atoms with Gasteiger partial charge in [-0.1, -0.05) is 18.6 Å². The van der Waals surface area contributed by atoms with Crippen molar-refractivity contribution < 1.29 is 28.5 Å². The SMILES string of the molecule is O[C@H](/C=C/[C@@H]1[C@H]2CCCCO[C@H]2C[C@H]1O)COc1cc(F)ccc1F. The summed E-state index contributed by atoms with van der Waals surface area (Å²) in [5.41, 5.74) is 0. The van der Waals surface area contributed by atoms with Gasteiger partial charge in [0.05, 0.1) is 12.2 Å². The molecule has 1 aliphatic heterocycles. The molecular weight excluding hydrogens is 330 g/mol. The van der Waals surface area contributed by atoms with Gasteiger partial charge in [-0.2, -0.15) is 0 Å². The number of aliphatic hydroxyl groups is 2. The lowest BCUT2D eigenvalue weighted by Gasteiger charge is -2.21. The van der Waals surface area contributed by atoms with Crippen LogP contribution in [0.2, 0.25) is 0 Å². The number of fused-ring (bicyclic) bond motifs is 1. The third-order valence-electron chi connectivity index (χ3n) is 5.01. The number of halogens is 2. The lowest BCUT2D eigenvalue weighted by Crippen LogP contribution is -2.22. The molecule has 1 saturated heterocycles. The van der Waals surface area contributed by atoms with Crippen LogP contribution in [0.4, 0.5) is 8.78 Å². The summed E-state index contributed by atoms with van der Waals surface area (Å²) in [6.45, 7) is 0.546. The van der Waals surface area contributed by atoms with Gasteiger partial charge in [-0.3, -0.25) is 0 Å². The van der Waals surface area contributed by atoms with Crippen molar-refractivity contribution in [2.45, 2.75) is 44.0 Å². The summed E-state index contributed by atoms with van der Waals surface area (Å²) < 4.78 is 37.5. The minimum Gasteiger partial charge on any atom is -0.487 e. The largest absolute Gasteiger partial charge is 0.487 e. The van der Waals surface area contributed by atoms with Gasteiger partial charge in [-0.05, 0) is 30.9 Å². The predicted octanol–water partition coefficient (Wildman–Crippen LogP) is 2.83. The Morgan fingerprint density at radius 1 is 1.32 bits per heavy atom. The Bertz CT molecular complexity index is 607. The first-order valence-corrected chi connectivity index (χ1v) is 8.78. The molecule has 2 fully saturated rings. The lowest BCUT2D eigenvalue weighted by molar-refractivity contribution is 0.0339. The van der Waals surface area contributed by atoms with Crippen molar-refractivity contribution in [2.75, 3.05) is 13.2 Å². The topological polar surface area (TPSA) is 58.9 Å². The lowest BCUT2D eigenvalue weighted by atomic mass is 9.89. The van der Waals surface area contributed by atoms with E-state index in [0.717, 1.165) is 44.1 Å². The smallest absolute Gasteiger partial charge is 0.165 e. The van der Waals surface area contributed by atoms with Crippen LogP contribution in [0.15, 0.2) is 30.4 Å². The molecule has 0 radical (unpaired) electrons. The maximum absolute atomic E-state index is 13.5. The second-order valence-electron chi connectivity index (χ2n) is 6.79. The van der Waals surface area contributed by atoms with Gasteiger partial charge in [0, 0.05) is 25.0 Å². The average Bonchev–Trinajstić information content (AvgIpc) is 2.73. The maximum Gasteiger partial charge on any atom is 0.165 e. The van der Waals surface area contributed by atoms with Crippen molar-refractivity contribution >= 4 is 0 Å². The van der Waals surface area contributed by atoms with E-state index in [1.54, 1.807) is 12.2 Å². The molecule has 0 amide bonds. The number of ether oxygens (including phenoxy) is 2. The Kier molecular flexibility index (Phi) is 6.04. The Hall–Kier alpha value is -1.50. The van der Waals surface area contributed by atoms with Crippen molar-refractivity contribution in [3.63, 3.8) is 0 Å². The van der Waals surface area contributed by atoms with E-state index in [2.05, 4.69) is 0 Å². The molecule has 138 valence electrons. The molecule has 3 rings (SSSR count). The number of aliphatic hydroxyl groups excluding tert-OH is 2. The van der Waals surface area contributed by atoms with Crippen molar-refractivity contribution in [2.24, 2.45) is 11.8 Å². The average molecular weight is 354 g/mol. The highest BCUT2D eigenvalue weighted by Gasteiger charge is 2.42. The Morgan fingerprint density at radius 2 is 2.16 bits per heavy atom. The van der Waals surface area contributed by atoms with Gasteiger partial charge in [0.2, 0.25) is 0 Å². The Labute approximate surface area is 146 Å². The monoisotopic (exact) mass is 354 g/mol. The molecule has 1 heterocycles. The normalized spacial score (nSPS) is 30.9. The van der Waals surface area contributed by atoms with Crippen LogP contribution >= 0.6 is 0 Å². The maximum atomic E-state index is 13.5. The van der Waals surface area contributed by atoms with E-state index in [9.17, 15) is 19.0 Å². The highest BCUT2D eigenvalue weighted by molar-refractivity contribution is 5.25. The van der Waals surface area contributed by atoms with Gasteiger partial charge in [0.15, 0.2) is 11.6 Å². The van der Waals surface area contributed by atoms with Gasteiger partial charge in [-0.25, -0.2) is 8.78 Å². The van der Waals surface area contributed by atoms with Crippen LogP contribution in [0.1, 0.15) is 25.7 Å². The van der Waals surface area contributed by atoms with Gasteiger partial charge in [0.25, 0.3) is 0 Å². The summed E-state index contributed by atoms with van der Waals surface area (Å²) in [5, 5.41) is 20.3. The third kappa shape index (κ3) is 4.57. The van der Waals surface area contributed by atoms with E-state index in [1.807, 2.05) is 0 Å². The number of hydrogen-bond acceptors (Lipinski definition) is 4. The minimum atomic E-state index is -0.972. The summed E-state index contributed by atoms with van der Waals surface area (Å²) in [4.78, 5) is 0. The molecule has 2 N–H and O–H groups in total. The van der Waals surface area contributed by atoms with Crippen molar-refractivity contribution in [3.8, 4) is 5.75 Å². The van der Waals surface area contributed by atoms with Crippen molar-refractivity contribution in [3.05, 3.63) is 42.0 Å². The van der Waals surface area contributed by atoms with Gasteiger partial charge in [0.1, 0.15) is 18.5 Å². The van der Waals surface area contributed by atoms with Gasteiger partial charge in [-0.15, -0.1) is 0 Å². The van der Waals surface area contributed by atoms with E-state index >= 15 is 0 Å². The fraction of sp³-hybridized carbons (Fsp3) is 0.579. The number of hydrogen-bond donors (Lipinski definition) is 2. The van der Waals surface area contributed by atoms with E-state index in [0.29, 0.717) is 6.42 Å². The molecule has 0 spiro atoms. The first kappa shape index (κ1) is 18.3. The fourth-order valence-electron chi connectivity index (χ4n) is 3.74. The predicted molar refractivity (Wildman–Crippen MR) is 88.2 cm³/mol. The zero-order valence-corrected chi connectivity index (χ0v) is 14.0. The molecule has 5 atom stereocenters. The first-order valence-electron chi connectivity index (χ1n) is 8.78. The van der Waals surface area contributed by atoms with Crippen LogP contribution in [0.3, 0.4) is 0 Å². The standard InChI is InChI=1S/C19H24F2O4/c20-12-4-7-16(21)19(9-12)25-11-13(22)5-6-14-15-3-1-2-8-24-18(15)10-17(14)23/h4-7,9,13-15,17-18,22-23H,1-3,8,10-11H2/b6-5+/t13-,14-,15-,17-,18+/m1/s1. The summed E-state index contributed by atoms with van der Waals surface area (Å²) in [6.07, 6.45) is 5.69. The van der Waals surface area contributed by atoms with E-state index in [1.165, 1.54) is 0 Å². The molecule has 1 saturated carbocycles. The summed E-state index contributed by atoms with van der Waals surface area (Å²) >= 11 is 0. The second-order valence-corrected chi connectivity index (χ2v) is 6.79. The molecule has 1 aliphatic carbocycles. The van der Waals surface area contributed by atoms with E-state index in [-0.39, 0.29) is 30.3 Å².